The molecule has 2 unspecified atom stereocenters. The lowest BCUT2D eigenvalue weighted by molar-refractivity contribution is -0.125. The predicted octanol–water partition coefficient (Wildman–Crippen LogP) is 2.91. The molecule has 154 valence electrons. The van der Waals surface area contributed by atoms with Crippen molar-refractivity contribution in [1.82, 2.24) is 9.91 Å². The van der Waals surface area contributed by atoms with Crippen molar-refractivity contribution >= 4 is 39.5 Å². The van der Waals surface area contributed by atoms with Crippen molar-refractivity contribution < 1.29 is 9.53 Å². The Hall–Kier alpha value is -3.13. The van der Waals surface area contributed by atoms with Crippen LogP contribution in [0.1, 0.15) is 17.2 Å². The van der Waals surface area contributed by atoms with Crippen LogP contribution >= 0.6 is 11.3 Å². The summed E-state index contributed by atoms with van der Waals surface area (Å²) < 4.78 is 6.67. The van der Waals surface area contributed by atoms with Crippen LogP contribution in [0.15, 0.2) is 58.8 Å². The first kappa shape index (κ1) is 18.9. The molecule has 3 aliphatic heterocycles. The highest BCUT2D eigenvalue weighted by Crippen LogP contribution is 2.45. The van der Waals surface area contributed by atoms with Gasteiger partial charge in [-0.1, -0.05) is 24.8 Å². The monoisotopic (exact) mass is 421 g/mol. The Bertz CT molecular complexity index is 1120. The number of nitrogens with zero attached hydrogens (tertiary/aromatic N) is 4. The summed E-state index contributed by atoms with van der Waals surface area (Å²) in [5.74, 6) is 1.67. The molecule has 2 aromatic rings. The van der Waals surface area contributed by atoms with Crippen molar-refractivity contribution in [1.29, 1.82) is 0 Å². The van der Waals surface area contributed by atoms with E-state index < -0.39 is 0 Å². The van der Waals surface area contributed by atoms with Crippen molar-refractivity contribution in [3.8, 4) is 5.75 Å². The van der Waals surface area contributed by atoms with Gasteiger partial charge >= 0.3 is 0 Å². The lowest BCUT2D eigenvalue weighted by Crippen LogP contribution is -2.44. The third kappa shape index (κ3) is 2.90. The van der Waals surface area contributed by atoms with E-state index in [4.69, 9.17) is 10.5 Å². The number of hydrogen-bond acceptors (Lipinski definition) is 7. The molecule has 7 nitrogen and oxygen atoms in total. The van der Waals surface area contributed by atoms with Gasteiger partial charge in [-0.05, 0) is 30.0 Å². The van der Waals surface area contributed by atoms with E-state index in [0.717, 1.165) is 34.5 Å². The number of amides is 1. The summed E-state index contributed by atoms with van der Waals surface area (Å²) in [6.07, 6.45) is 6.05. The van der Waals surface area contributed by atoms with E-state index in [1.165, 1.54) is 17.3 Å². The standard InChI is InChI=1S/C22H23N5O2S/c1-3-19(28)26-8-7-14(11-26)16-10-15(20-22(23)24-12-25-27(16)20)18-9-13-5-4-6-17(29-2)21(13)30-18/h3-6,9-10,12,14-15,20H,1,7-8,11H2,2H3,(H2,23,24,25)/t14-,15?,20?/m1/s1. The maximum Gasteiger partial charge on any atom is 0.245 e. The minimum absolute atomic E-state index is 0.0241. The summed E-state index contributed by atoms with van der Waals surface area (Å²) in [7, 11) is 1.69. The van der Waals surface area contributed by atoms with Crippen molar-refractivity contribution in [3.63, 3.8) is 0 Å². The Kier molecular flexibility index (Phi) is 4.58. The van der Waals surface area contributed by atoms with Crippen LogP contribution in [0, 0.1) is 5.92 Å². The zero-order valence-electron chi connectivity index (χ0n) is 16.7. The lowest BCUT2D eigenvalue weighted by Gasteiger charge is -2.31. The first-order valence-corrected chi connectivity index (χ1v) is 10.8. The maximum atomic E-state index is 12.1. The van der Waals surface area contributed by atoms with Gasteiger partial charge in [0.2, 0.25) is 5.91 Å². The maximum absolute atomic E-state index is 12.1. The van der Waals surface area contributed by atoms with E-state index in [9.17, 15) is 4.79 Å². The molecule has 3 atom stereocenters. The smallest absolute Gasteiger partial charge is 0.245 e. The fourth-order valence-electron chi connectivity index (χ4n) is 4.61. The number of likely N-dealkylation sites (tertiary alicyclic amines) is 1. The summed E-state index contributed by atoms with van der Waals surface area (Å²) in [4.78, 5) is 19.4. The summed E-state index contributed by atoms with van der Waals surface area (Å²) >= 11 is 1.72. The fraction of sp³-hybridized carbons (Fsp3) is 0.318. The Morgan fingerprint density at radius 2 is 2.30 bits per heavy atom. The van der Waals surface area contributed by atoms with Crippen LogP contribution in [0.3, 0.4) is 0 Å². The van der Waals surface area contributed by atoms with E-state index in [0.29, 0.717) is 12.4 Å². The second kappa shape index (κ2) is 7.28. The highest BCUT2D eigenvalue weighted by molar-refractivity contribution is 7.19. The Labute approximate surface area is 178 Å². The number of aliphatic imine (C=N–C) groups is 1. The summed E-state index contributed by atoms with van der Waals surface area (Å²) in [5, 5.41) is 7.71. The normalized spacial score (nSPS) is 25.3. The predicted molar refractivity (Wildman–Crippen MR) is 120 cm³/mol. The van der Waals surface area contributed by atoms with Crippen LogP contribution in [0.5, 0.6) is 5.75 Å². The molecule has 30 heavy (non-hydrogen) atoms. The second-order valence-electron chi connectivity index (χ2n) is 7.69. The van der Waals surface area contributed by atoms with E-state index >= 15 is 0 Å². The lowest BCUT2D eigenvalue weighted by atomic mass is 9.98. The second-order valence-corrected chi connectivity index (χ2v) is 8.78. The molecule has 1 aromatic carbocycles. The largest absolute Gasteiger partial charge is 0.495 e. The van der Waals surface area contributed by atoms with Gasteiger partial charge in [0.15, 0.2) is 0 Å². The van der Waals surface area contributed by atoms with Crippen LogP contribution in [-0.4, -0.2) is 54.2 Å². The van der Waals surface area contributed by atoms with Gasteiger partial charge in [0.1, 0.15) is 24.0 Å². The molecule has 5 rings (SSSR count). The highest BCUT2D eigenvalue weighted by atomic mass is 32.1. The number of nitrogens with two attached hydrogens (primary N) is 1. The molecule has 1 saturated heterocycles. The molecule has 8 heteroatoms. The van der Waals surface area contributed by atoms with Crippen molar-refractivity contribution in [3.05, 3.63) is 53.6 Å². The van der Waals surface area contributed by atoms with Crippen LogP contribution in [-0.2, 0) is 4.79 Å². The summed E-state index contributed by atoms with van der Waals surface area (Å²) in [6, 6.07) is 8.15. The average molecular weight is 422 g/mol. The van der Waals surface area contributed by atoms with Gasteiger partial charge in [-0.3, -0.25) is 9.80 Å². The third-order valence-electron chi connectivity index (χ3n) is 6.07. The fourth-order valence-corrected chi connectivity index (χ4v) is 5.86. The van der Waals surface area contributed by atoms with Gasteiger partial charge in [-0.15, -0.1) is 11.3 Å². The number of benzene rings is 1. The van der Waals surface area contributed by atoms with E-state index in [2.05, 4.69) is 34.9 Å². The quantitative estimate of drug-likeness (QED) is 0.770. The molecule has 0 radical (unpaired) electrons. The Balaban J connectivity index is 1.53. The molecule has 3 aliphatic rings. The van der Waals surface area contributed by atoms with Crippen molar-refractivity contribution in [2.45, 2.75) is 18.4 Å². The molecule has 1 fully saturated rings. The molecule has 1 aromatic heterocycles. The summed E-state index contributed by atoms with van der Waals surface area (Å²) in [6.45, 7) is 5.00. The topological polar surface area (TPSA) is 83.5 Å². The van der Waals surface area contributed by atoms with Gasteiger partial charge < -0.3 is 15.4 Å². The zero-order valence-corrected chi connectivity index (χ0v) is 17.5. The first-order chi connectivity index (χ1) is 14.6. The van der Waals surface area contributed by atoms with Gasteiger partial charge in [0.05, 0.1) is 11.8 Å². The number of fused-ring (bicyclic) bond motifs is 2. The molecule has 0 bridgehead atoms. The van der Waals surface area contributed by atoms with E-state index in [1.807, 2.05) is 22.0 Å². The molecular formula is C22H23N5O2S. The van der Waals surface area contributed by atoms with Crippen molar-refractivity contribution in [2.75, 3.05) is 20.2 Å². The number of hydrazone groups is 1. The molecular weight excluding hydrogens is 398 g/mol. The molecule has 0 spiro atoms. The molecule has 1 amide bonds. The SMILES string of the molecule is C=CC(=O)N1CC[C@@H](C2=CC(c3cc4cccc(OC)c4s3)C3C(N)=NC=NN23)C1. The number of hydrogen-bond donors (Lipinski definition) is 1. The van der Waals surface area contributed by atoms with Crippen molar-refractivity contribution in [2.24, 2.45) is 21.7 Å². The van der Waals surface area contributed by atoms with Gasteiger partial charge in [0, 0.05) is 35.5 Å². The van der Waals surface area contributed by atoms with Crippen LogP contribution in [0.4, 0.5) is 0 Å². The minimum Gasteiger partial charge on any atom is -0.495 e. The minimum atomic E-state index is -0.145. The number of rotatable bonds is 4. The van der Waals surface area contributed by atoms with E-state index in [1.54, 1.807) is 18.4 Å². The van der Waals surface area contributed by atoms with Crippen LogP contribution in [0.2, 0.25) is 0 Å². The number of carbonyl (C=O) groups excluding carboxylic acids is 1. The highest BCUT2D eigenvalue weighted by Gasteiger charge is 2.44. The van der Waals surface area contributed by atoms with Crippen LogP contribution < -0.4 is 10.5 Å². The average Bonchev–Trinajstić information content (AvgIpc) is 3.48. The molecule has 0 aliphatic carbocycles. The molecule has 2 N–H and O–H groups in total. The molecule has 4 heterocycles. The number of methoxy groups -OCH3 is 1. The number of amidine groups is 1. The summed E-state index contributed by atoms with van der Waals surface area (Å²) in [5.41, 5.74) is 7.46. The first-order valence-electron chi connectivity index (χ1n) is 9.95. The number of thiophene rings is 1. The Morgan fingerprint density at radius 3 is 3.10 bits per heavy atom. The van der Waals surface area contributed by atoms with E-state index in [-0.39, 0.29) is 23.8 Å². The third-order valence-corrected chi connectivity index (χ3v) is 7.34. The molecule has 0 saturated carbocycles. The Morgan fingerprint density at radius 1 is 1.43 bits per heavy atom. The van der Waals surface area contributed by atoms with Crippen LogP contribution in [0.25, 0.3) is 10.1 Å². The van der Waals surface area contributed by atoms with Gasteiger partial charge in [-0.2, -0.15) is 5.10 Å². The van der Waals surface area contributed by atoms with Gasteiger partial charge in [0.25, 0.3) is 0 Å². The number of ether oxygens (including phenoxy) is 1. The van der Waals surface area contributed by atoms with Gasteiger partial charge in [-0.25, -0.2) is 4.99 Å². The zero-order chi connectivity index (χ0) is 20.8. The number of carbonyl (C=O) groups is 1.